The summed E-state index contributed by atoms with van der Waals surface area (Å²) in [6, 6.07) is 3.49. The Morgan fingerprint density at radius 1 is 1.46 bits per heavy atom. The molecule has 1 fully saturated rings. The summed E-state index contributed by atoms with van der Waals surface area (Å²) in [5.74, 6) is 0.760. The smallest absolute Gasteiger partial charge is 0.151 e. The molecule has 0 spiro atoms. The summed E-state index contributed by atoms with van der Waals surface area (Å²) in [5, 5.41) is 17.5. The summed E-state index contributed by atoms with van der Waals surface area (Å²) in [6.45, 7) is 3.00. The van der Waals surface area contributed by atoms with Crippen molar-refractivity contribution in [1.29, 1.82) is 0 Å². The molecule has 1 N–H and O–H groups in total. The second-order valence-electron chi connectivity index (χ2n) is 3.57. The lowest BCUT2D eigenvalue weighted by molar-refractivity contribution is 0.0304. The van der Waals surface area contributed by atoms with Gasteiger partial charge in [0.1, 0.15) is 0 Å². The SMILES string of the molecule is CC1(O)CN(c2ccc(Cl)nn2)C1. The van der Waals surface area contributed by atoms with E-state index >= 15 is 0 Å². The monoisotopic (exact) mass is 199 g/mol. The molecule has 1 aliphatic rings. The van der Waals surface area contributed by atoms with Crippen LogP contribution in [-0.2, 0) is 0 Å². The summed E-state index contributed by atoms with van der Waals surface area (Å²) in [4.78, 5) is 1.95. The van der Waals surface area contributed by atoms with Crippen LogP contribution >= 0.6 is 11.6 Å². The van der Waals surface area contributed by atoms with Crippen LogP contribution in [-0.4, -0.2) is 34.0 Å². The van der Waals surface area contributed by atoms with Crippen molar-refractivity contribution in [2.75, 3.05) is 18.0 Å². The Bertz CT molecular complexity index is 304. The number of hydrogen-bond donors (Lipinski definition) is 1. The average molecular weight is 200 g/mol. The molecular weight excluding hydrogens is 190 g/mol. The Morgan fingerprint density at radius 2 is 2.15 bits per heavy atom. The summed E-state index contributed by atoms with van der Waals surface area (Å²) in [6.07, 6.45) is 0. The van der Waals surface area contributed by atoms with E-state index in [9.17, 15) is 5.11 Å². The number of hydrogen-bond acceptors (Lipinski definition) is 4. The van der Waals surface area contributed by atoms with Crippen LogP contribution in [0.4, 0.5) is 5.82 Å². The van der Waals surface area contributed by atoms with E-state index < -0.39 is 5.60 Å². The lowest BCUT2D eigenvalue weighted by Gasteiger charge is -2.44. The molecule has 0 atom stereocenters. The largest absolute Gasteiger partial charge is 0.386 e. The molecule has 1 aromatic rings. The van der Waals surface area contributed by atoms with Crippen molar-refractivity contribution < 1.29 is 5.11 Å². The maximum atomic E-state index is 9.48. The molecule has 1 saturated heterocycles. The lowest BCUT2D eigenvalue weighted by Crippen LogP contribution is -2.60. The van der Waals surface area contributed by atoms with Crippen LogP contribution in [0.25, 0.3) is 0 Å². The minimum atomic E-state index is -0.582. The maximum Gasteiger partial charge on any atom is 0.151 e. The molecule has 0 saturated carbocycles. The van der Waals surface area contributed by atoms with E-state index in [0.29, 0.717) is 18.2 Å². The maximum absolute atomic E-state index is 9.48. The number of aromatic nitrogens is 2. The number of anilines is 1. The molecule has 70 valence electrons. The predicted molar refractivity (Wildman–Crippen MR) is 49.9 cm³/mol. The first-order chi connectivity index (χ1) is 6.07. The first-order valence-electron chi connectivity index (χ1n) is 4.03. The van der Waals surface area contributed by atoms with Gasteiger partial charge in [-0.05, 0) is 19.1 Å². The third-order valence-electron chi connectivity index (χ3n) is 2.00. The molecule has 13 heavy (non-hydrogen) atoms. The van der Waals surface area contributed by atoms with Gasteiger partial charge < -0.3 is 10.0 Å². The fourth-order valence-electron chi connectivity index (χ4n) is 1.42. The lowest BCUT2D eigenvalue weighted by atomic mass is 9.97. The second kappa shape index (κ2) is 2.82. The van der Waals surface area contributed by atoms with Crippen molar-refractivity contribution in [3.8, 4) is 0 Å². The minimum Gasteiger partial charge on any atom is -0.386 e. The molecule has 1 aromatic heterocycles. The topological polar surface area (TPSA) is 49.2 Å². The van der Waals surface area contributed by atoms with Crippen LogP contribution in [0.1, 0.15) is 6.92 Å². The van der Waals surface area contributed by atoms with Crippen molar-refractivity contribution in [2.45, 2.75) is 12.5 Å². The Morgan fingerprint density at radius 3 is 2.62 bits per heavy atom. The van der Waals surface area contributed by atoms with E-state index in [1.807, 2.05) is 4.90 Å². The van der Waals surface area contributed by atoms with Crippen LogP contribution in [0, 0.1) is 0 Å². The molecule has 1 aliphatic heterocycles. The van der Waals surface area contributed by atoms with E-state index in [-0.39, 0.29) is 0 Å². The molecule has 5 heteroatoms. The number of halogens is 1. The molecule has 2 rings (SSSR count). The molecule has 0 bridgehead atoms. The molecule has 4 nitrogen and oxygen atoms in total. The molecule has 2 heterocycles. The molecular formula is C8H10ClN3O. The summed E-state index contributed by atoms with van der Waals surface area (Å²) in [5.41, 5.74) is -0.582. The quantitative estimate of drug-likeness (QED) is 0.724. The Kier molecular flexibility index (Phi) is 1.89. The zero-order chi connectivity index (χ0) is 9.47. The fourth-order valence-corrected chi connectivity index (χ4v) is 1.52. The van der Waals surface area contributed by atoms with Gasteiger partial charge in [0.15, 0.2) is 11.0 Å². The van der Waals surface area contributed by atoms with Gasteiger partial charge in [0.2, 0.25) is 0 Å². The highest BCUT2D eigenvalue weighted by Crippen LogP contribution is 2.25. The molecule has 0 aliphatic carbocycles. The van der Waals surface area contributed by atoms with Gasteiger partial charge in [-0.15, -0.1) is 10.2 Å². The van der Waals surface area contributed by atoms with E-state index in [1.165, 1.54) is 0 Å². The molecule has 0 unspecified atom stereocenters. The van der Waals surface area contributed by atoms with Crippen LogP contribution in [0.3, 0.4) is 0 Å². The highest BCUT2D eigenvalue weighted by atomic mass is 35.5. The number of aliphatic hydroxyl groups is 1. The van der Waals surface area contributed by atoms with Gasteiger partial charge in [-0.1, -0.05) is 11.6 Å². The zero-order valence-electron chi connectivity index (χ0n) is 7.24. The summed E-state index contributed by atoms with van der Waals surface area (Å²) >= 11 is 5.59. The van der Waals surface area contributed by atoms with Gasteiger partial charge in [-0.25, -0.2) is 0 Å². The second-order valence-corrected chi connectivity index (χ2v) is 3.95. The fraction of sp³-hybridized carbons (Fsp3) is 0.500. The number of rotatable bonds is 1. The van der Waals surface area contributed by atoms with Gasteiger partial charge in [0, 0.05) is 13.1 Å². The van der Waals surface area contributed by atoms with Crippen LogP contribution < -0.4 is 4.90 Å². The van der Waals surface area contributed by atoms with Gasteiger partial charge in [-0.3, -0.25) is 0 Å². The van der Waals surface area contributed by atoms with Crippen LogP contribution in [0.2, 0.25) is 5.15 Å². The van der Waals surface area contributed by atoms with E-state index in [1.54, 1.807) is 19.1 Å². The number of β-amino-alcohol motifs (C(OH)–C–C–N with tert-alkyl or cyclic N) is 1. The van der Waals surface area contributed by atoms with Crippen molar-refractivity contribution in [1.82, 2.24) is 10.2 Å². The molecule has 0 radical (unpaired) electrons. The van der Waals surface area contributed by atoms with Crippen molar-refractivity contribution >= 4 is 17.4 Å². The van der Waals surface area contributed by atoms with Crippen LogP contribution in [0.15, 0.2) is 12.1 Å². The summed E-state index contributed by atoms with van der Waals surface area (Å²) in [7, 11) is 0. The Labute approximate surface area is 81.2 Å². The first kappa shape index (κ1) is 8.72. The minimum absolute atomic E-state index is 0.385. The normalized spacial score (nSPS) is 19.8. The zero-order valence-corrected chi connectivity index (χ0v) is 7.99. The highest BCUT2D eigenvalue weighted by molar-refractivity contribution is 6.29. The Balaban J connectivity index is 2.08. The third-order valence-corrected chi connectivity index (χ3v) is 2.21. The van der Waals surface area contributed by atoms with Crippen molar-refractivity contribution in [2.24, 2.45) is 0 Å². The van der Waals surface area contributed by atoms with Gasteiger partial charge in [0.05, 0.1) is 5.60 Å². The molecule has 0 amide bonds. The standard InChI is InChI=1S/C8H10ClN3O/c1-8(13)4-12(5-8)7-3-2-6(9)10-11-7/h2-3,13H,4-5H2,1H3. The first-order valence-corrected chi connectivity index (χ1v) is 4.41. The summed E-state index contributed by atoms with van der Waals surface area (Å²) < 4.78 is 0. The van der Waals surface area contributed by atoms with E-state index in [0.717, 1.165) is 5.82 Å². The van der Waals surface area contributed by atoms with E-state index in [2.05, 4.69) is 10.2 Å². The molecule has 0 aromatic carbocycles. The highest BCUT2D eigenvalue weighted by Gasteiger charge is 2.37. The van der Waals surface area contributed by atoms with Crippen molar-refractivity contribution in [3.05, 3.63) is 17.3 Å². The number of nitrogens with zero attached hydrogens (tertiary/aromatic N) is 3. The van der Waals surface area contributed by atoms with Crippen molar-refractivity contribution in [3.63, 3.8) is 0 Å². The van der Waals surface area contributed by atoms with E-state index in [4.69, 9.17) is 11.6 Å². The average Bonchev–Trinajstić information content (AvgIpc) is 2.01. The predicted octanol–water partition coefficient (Wildman–Crippen LogP) is 0.701. The van der Waals surface area contributed by atoms with Gasteiger partial charge >= 0.3 is 0 Å². The van der Waals surface area contributed by atoms with Gasteiger partial charge in [-0.2, -0.15) is 0 Å². The Hall–Kier alpha value is -0.870. The third kappa shape index (κ3) is 1.73. The van der Waals surface area contributed by atoms with Gasteiger partial charge in [0.25, 0.3) is 0 Å². The van der Waals surface area contributed by atoms with Crippen LogP contribution in [0.5, 0.6) is 0 Å².